The van der Waals surface area contributed by atoms with Crippen LogP contribution in [0.1, 0.15) is 77.3 Å². The van der Waals surface area contributed by atoms with Crippen LogP contribution < -0.4 is 4.90 Å². The zero-order valence-corrected chi connectivity index (χ0v) is 32.6. The van der Waals surface area contributed by atoms with Gasteiger partial charge < -0.3 is 10.0 Å². The monoisotopic (exact) mass is 791 g/mol. The molecule has 13 nitrogen and oxygen atoms in total. The molecule has 16 heteroatoms. The van der Waals surface area contributed by atoms with Crippen LogP contribution in [0.25, 0.3) is 0 Å². The molecule has 0 unspecified atom stereocenters. The Balaban J connectivity index is 1.59. The molecular weight excluding hydrogens is 745 g/mol. The fraction of sp³-hybridized carbons (Fsp3) is 0.405. The van der Waals surface area contributed by atoms with E-state index in [9.17, 15) is 39.2 Å². The highest BCUT2D eigenvalue weighted by atomic mass is 32.2. The molecule has 288 valence electrons. The van der Waals surface area contributed by atoms with Gasteiger partial charge in [-0.3, -0.25) is 18.5 Å². The first-order valence-corrected chi connectivity index (χ1v) is 21.6. The summed E-state index contributed by atoms with van der Waals surface area (Å²) in [6.07, 6.45) is 15.6. The van der Waals surface area contributed by atoms with Gasteiger partial charge in [-0.05, 0) is 81.5 Å². The highest BCUT2D eigenvalue weighted by molar-refractivity contribution is 7.86. The molecule has 53 heavy (non-hydrogen) atoms. The number of anilines is 1. The third kappa shape index (κ3) is 10.2. The lowest BCUT2D eigenvalue weighted by atomic mass is 9.81. The van der Waals surface area contributed by atoms with Crippen molar-refractivity contribution in [3.05, 3.63) is 95.8 Å². The van der Waals surface area contributed by atoms with Crippen LogP contribution in [0.5, 0.6) is 0 Å². The quantitative estimate of drug-likeness (QED) is 0.0610. The fourth-order valence-corrected chi connectivity index (χ4v) is 8.46. The van der Waals surface area contributed by atoms with Gasteiger partial charge in [-0.25, -0.2) is 0 Å². The number of rotatable bonds is 17. The molecule has 0 fully saturated rings. The summed E-state index contributed by atoms with van der Waals surface area (Å²) in [5.41, 5.74) is 3.35. The molecule has 0 spiro atoms. The first-order chi connectivity index (χ1) is 24.5. The minimum Gasteiger partial charge on any atom is -0.481 e. The largest absolute Gasteiger partial charge is 0.481 e. The molecule has 0 radical (unpaired) electrons. The Kier molecular flexibility index (Phi) is 12.8. The van der Waals surface area contributed by atoms with E-state index in [2.05, 4.69) is 4.58 Å². The van der Waals surface area contributed by atoms with Crippen LogP contribution >= 0.6 is 0 Å². The molecule has 4 rings (SSSR count). The van der Waals surface area contributed by atoms with Crippen molar-refractivity contribution in [1.82, 2.24) is 0 Å². The predicted octanol–water partition coefficient (Wildman–Crippen LogP) is 6.22. The molecule has 2 aliphatic heterocycles. The van der Waals surface area contributed by atoms with Crippen molar-refractivity contribution in [1.29, 1.82) is 0 Å². The van der Waals surface area contributed by atoms with Gasteiger partial charge in [0.15, 0.2) is 5.71 Å². The summed E-state index contributed by atoms with van der Waals surface area (Å²) in [7, 11) is -13.0. The van der Waals surface area contributed by atoms with E-state index in [0.29, 0.717) is 44.3 Å². The molecule has 0 saturated heterocycles. The molecular formula is C37H47N2O11S3+. The smallest absolute Gasteiger partial charge is 0.303 e. The third-order valence-electron chi connectivity index (χ3n) is 9.58. The van der Waals surface area contributed by atoms with E-state index in [1.54, 1.807) is 12.1 Å². The summed E-state index contributed by atoms with van der Waals surface area (Å²) in [4.78, 5) is 12.5. The Hall–Kier alpha value is -3.93. The molecule has 4 N–H and O–H groups in total. The fourth-order valence-electron chi connectivity index (χ4n) is 6.88. The van der Waals surface area contributed by atoms with E-state index in [1.807, 2.05) is 75.1 Å². The number of unbranched alkanes of at least 4 members (excludes halogenated alkanes) is 3. The number of carboxylic acid groups (broad SMARTS) is 1. The molecule has 0 bridgehead atoms. The number of aliphatic carboxylic acids is 1. The van der Waals surface area contributed by atoms with Gasteiger partial charge in [0.05, 0.1) is 21.0 Å². The predicted molar refractivity (Wildman–Crippen MR) is 203 cm³/mol. The first-order valence-electron chi connectivity index (χ1n) is 17.1. The number of carbonyl (C=O) groups is 1. The number of allylic oxidation sites excluding steroid dienone is 8. The maximum Gasteiger partial charge on any atom is 0.303 e. The molecule has 2 aliphatic rings. The zero-order chi connectivity index (χ0) is 39.4. The van der Waals surface area contributed by atoms with E-state index < -0.39 is 47.2 Å². The number of hydrogen-bond acceptors (Lipinski definition) is 8. The molecule has 2 aromatic rings. The lowest BCUT2D eigenvalue weighted by Crippen LogP contribution is -2.28. The lowest BCUT2D eigenvalue weighted by Gasteiger charge is -2.27. The number of carboxylic acids is 1. The molecule has 0 aliphatic carbocycles. The molecule has 0 amide bonds. The molecule has 0 atom stereocenters. The topological polar surface area (TPSA) is 207 Å². The van der Waals surface area contributed by atoms with Gasteiger partial charge in [0.1, 0.15) is 6.54 Å². The highest BCUT2D eigenvalue weighted by Gasteiger charge is 2.45. The highest BCUT2D eigenvalue weighted by Crippen LogP contribution is 2.48. The Labute approximate surface area is 312 Å². The third-order valence-corrected chi connectivity index (χ3v) is 12.1. The van der Waals surface area contributed by atoms with Crippen molar-refractivity contribution < 1.29 is 53.4 Å². The Morgan fingerprint density at radius 2 is 1.34 bits per heavy atom. The minimum absolute atomic E-state index is 0.0831. The zero-order valence-electron chi connectivity index (χ0n) is 30.1. The summed E-state index contributed by atoms with van der Waals surface area (Å²) >= 11 is 0. The van der Waals surface area contributed by atoms with Gasteiger partial charge in [0.2, 0.25) is 5.69 Å². The Morgan fingerprint density at radius 3 is 1.96 bits per heavy atom. The second-order valence-corrected chi connectivity index (χ2v) is 18.5. The van der Waals surface area contributed by atoms with Gasteiger partial charge in [-0.2, -0.15) is 29.8 Å². The van der Waals surface area contributed by atoms with Crippen molar-refractivity contribution in [3.8, 4) is 0 Å². The average Bonchev–Trinajstić information content (AvgIpc) is 3.38. The number of hydrogen-bond donors (Lipinski definition) is 4. The summed E-state index contributed by atoms with van der Waals surface area (Å²) in [6.45, 7) is 8.75. The van der Waals surface area contributed by atoms with Crippen molar-refractivity contribution in [2.75, 3.05) is 23.7 Å². The van der Waals surface area contributed by atoms with Crippen molar-refractivity contribution in [2.45, 2.75) is 86.8 Å². The molecule has 2 aromatic carbocycles. The average molecular weight is 792 g/mol. The van der Waals surface area contributed by atoms with Gasteiger partial charge in [0, 0.05) is 53.9 Å². The molecule has 0 aromatic heterocycles. The minimum atomic E-state index is -4.45. The van der Waals surface area contributed by atoms with E-state index >= 15 is 0 Å². The van der Waals surface area contributed by atoms with E-state index in [0.717, 1.165) is 28.3 Å². The maximum absolute atomic E-state index is 11.9. The van der Waals surface area contributed by atoms with Crippen molar-refractivity contribution >= 4 is 53.4 Å². The van der Waals surface area contributed by atoms with Crippen LogP contribution in [-0.2, 0) is 46.0 Å². The summed E-state index contributed by atoms with van der Waals surface area (Å²) in [6, 6.07) is 8.90. The van der Waals surface area contributed by atoms with E-state index in [4.69, 9.17) is 9.66 Å². The number of benzene rings is 2. The van der Waals surface area contributed by atoms with E-state index in [1.165, 1.54) is 24.3 Å². The molecule has 2 heterocycles. The maximum atomic E-state index is 11.9. The van der Waals surface area contributed by atoms with Crippen LogP contribution in [0, 0.1) is 0 Å². The van der Waals surface area contributed by atoms with Crippen molar-refractivity contribution in [2.24, 2.45) is 0 Å². The van der Waals surface area contributed by atoms with Gasteiger partial charge in [-0.15, -0.1) is 0 Å². The summed E-state index contributed by atoms with van der Waals surface area (Å²) in [5, 5.41) is 8.99. The van der Waals surface area contributed by atoms with Crippen LogP contribution in [0.15, 0.2) is 94.4 Å². The Bertz CT molecular complexity index is 2230. The van der Waals surface area contributed by atoms with Gasteiger partial charge >= 0.3 is 5.97 Å². The lowest BCUT2D eigenvalue weighted by molar-refractivity contribution is -0.438. The second kappa shape index (κ2) is 16.2. The van der Waals surface area contributed by atoms with Crippen LogP contribution in [-0.4, -0.2) is 79.1 Å². The standard InChI is InChI=1S/C37H46N2O11S3/c1-36(2)29-25-27(52(45,46)47)18-20-31(29)38(22-12-8-11-17-35(40)41)33(36)15-9-6-5-7-10-16-34-37(3,4)30-26-28(53(48,49)50)19-21-32(30)39(34)23-13-14-24-51(42,43)44/h5-7,9-10,15-16,18-21,25-26H,8,11-14,17,22-24H2,1-4H3,(H3-,40,41,42,43,44,45,46,47,48,49,50)/p+1. The first kappa shape index (κ1) is 41.8. The summed E-state index contributed by atoms with van der Waals surface area (Å²) < 4.78 is 101. The number of fused-ring (bicyclic) bond motifs is 2. The van der Waals surface area contributed by atoms with Crippen LogP contribution in [0.2, 0.25) is 0 Å². The van der Waals surface area contributed by atoms with Crippen LogP contribution in [0.3, 0.4) is 0 Å². The number of nitrogens with zero attached hydrogens (tertiary/aromatic N) is 2. The van der Waals surface area contributed by atoms with Crippen LogP contribution in [0.4, 0.5) is 11.4 Å². The summed E-state index contributed by atoms with van der Waals surface area (Å²) in [5.74, 6) is -1.23. The SMILES string of the molecule is CC1(C)C(=CC=CC=CC=CC2=[N+](CCCCCC(=O)O)c3ccc(S(=O)(=O)O)cc3C2(C)C)N(CCCCS(=O)(=O)O)c2ccc(S(=O)(=O)O)cc21. The normalized spacial score (nSPS) is 17.9. The van der Waals surface area contributed by atoms with Gasteiger partial charge in [-0.1, -0.05) is 44.2 Å². The van der Waals surface area contributed by atoms with Crippen molar-refractivity contribution in [3.63, 3.8) is 0 Å². The Morgan fingerprint density at radius 1 is 0.736 bits per heavy atom. The van der Waals surface area contributed by atoms with Gasteiger partial charge in [0.25, 0.3) is 30.4 Å². The van der Waals surface area contributed by atoms with E-state index in [-0.39, 0.29) is 28.4 Å². The molecule has 0 saturated carbocycles. The second-order valence-electron chi connectivity index (χ2n) is 14.1.